The van der Waals surface area contributed by atoms with Crippen LogP contribution in [0.4, 0.5) is 11.4 Å². The molecule has 1 amide bonds. The number of rotatable bonds is 5. The van der Waals surface area contributed by atoms with Gasteiger partial charge in [-0.3, -0.25) is 4.79 Å². The van der Waals surface area contributed by atoms with Crippen LogP contribution in [0.1, 0.15) is 40.0 Å². The lowest BCUT2D eigenvalue weighted by molar-refractivity contribution is -0.115. The van der Waals surface area contributed by atoms with Crippen LogP contribution in [0.15, 0.2) is 18.2 Å². The smallest absolute Gasteiger partial charge is 0.224 e. The molecule has 0 aromatic heterocycles. The number of hydrogen-bond donors (Lipinski definition) is 2. The molecule has 110 valence electrons. The average Bonchev–Trinajstić information content (AvgIpc) is 2.36. The lowest BCUT2D eigenvalue weighted by Gasteiger charge is -2.39. The Morgan fingerprint density at radius 2 is 2.10 bits per heavy atom. The molecule has 0 unspecified atom stereocenters. The van der Waals surface area contributed by atoms with Crippen LogP contribution in [0.25, 0.3) is 0 Å². The average molecular weight is 295 g/mol. The van der Waals surface area contributed by atoms with Gasteiger partial charge in [0.05, 0.1) is 10.7 Å². The predicted octanol–water partition coefficient (Wildman–Crippen LogP) is 4.54. The first-order chi connectivity index (χ1) is 9.49. The highest BCUT2D eigenvalue weighted by Crippen LogP contribution is 2.37. The monoisotopic (exact) mass is 294 g/mol. The van der Waals surface area contributed by atoms with E-state index in [9.17, 15) is 4.79 Å². The van der Waals surface area contributed by atoms with E-state index in [1.54, 1.807) is 0 Å². The van der Waals surface area contributed by atoms with Gasteiger partial charge in [-0.1, -0.05) is 32.4 Å². The van der Waals surface area contributed by atoms with Crippen molar-refractivity contribution < 1.29 is 4.79 Å². The minimum Gasteiger partial charge on any atom is -0.381 e. The molecule has 0 atom stereocenters. The van der Waals surface area contributed by atoms with Gasteiger partial charge in [0.15, 0.2) is 0 Å². The van der Waals surface area contributed by atoms with Gasteiger partial charge in [0.1, 0.15) is 0 Å². The van der Waals surface area contributed by atoms with E-state index in [1.807, 2.05) is 25.1 Å². The molecule has 1 saturated carbocycles. The van der Waals surface area contributed by atoms with Gasteiger partial charge in [0.2, 0.25) is 5.91 Å². The summed E-state index contributed by atoms with van der Waals surface area (Å²) >= 11 is 6.22. The fraction of sp³-hybridized carbons (Fsp3) is 0.562. The molecule has 3 nitrogen and oxygen atoms in total. The number of nitrogens with one attached hydrogen (secondary N) is 2. The Morgan fingerprint density at radius 1 is 1.40 bits per heavy atom. The molecule has 20 heavy (non-hydrogen) atoms. The Hall–Kier alpha value is -1.22. The molecule has 0 heterocycles. The third-order valence-electron chi connectivity index (χ3n) is 4.05. The highest BCUT2D eigenvalue weighted by Gasteiger charge is 2.31. The van der Waals surface area contributed by atoms with Gasteiger partial charge < -0.3 is 10.6 Å². The number of anilines is 2. The topological polar surface area (TPSA) is 41.1 Å². The van der Waals surface area contributed by atoms with Crippen molar-refractivity contribution in [1.29, 1.82) is 0 Å². The van der Waals surface area contributed by atoms with Gasteiger partial charge in [-0.15, -0.1) is 0 Å². The standard InChI is InChI=1S/C16H23ClN2O/c1-4-16(20)19-12-5-6-14(17)15(9-12)18-13-7-11(8-13)10(2)3/h5-6,9-11,13,18H,4,7-8H2,1-3H3,(H,19,20). The normalized spacial score (nSPS) is 21.4. The summed E-state index contributed by atoms with van der Waals surface area (Å²) in [5.41, 5.74) is 1.70. The molecule has 0 bridgehead atoms. The van der Waals surface area contributed by atoms with E-state index in [1.165, 1.54) is 12.8 Å². The molecule has 0 aliphatic heterocycles. The van der Waals surface area contributed by atoms with E-state index in [0.29, 0.717) is 17.5 Å². The van der Waals surface area contributed by atoms with Crippen LogP contribution in [-0.2, 0) is 4.79 Å². The van der Waals surface area contributed by atoms with Crippen LogP contribution in [0.3, 0.4) is 0 Å². The summed E-state index contributed by atoms with van der Waals surface area (Å²) in [6.07, 6.45) is 2.86. The van der Waals surface area contributed by atoms with Crippen LogP contribution in [0.5, 0.6) is 0 Å². The van der Waals surface area contributed by atoms with E-state index in [0.717, 1.165) is 23.2 Å². The molecule has 0 saturated heterocycles. The van der Waals surface area contributed by atoms with E-state index in [2.05, 4.69) is 24.5 Å². The summed E-state index contributed by atoms with van der Waals surface area (Å²) in [6.45, 7) is 6.38. The molecule has 4 heteroatoms. The minimum absolute atomic E-state index is 0.0155. The molecule has 1 aliphatic rings. The Kier molecular flexibility index (Phi) is 4.92. The highest BCUT2D eigenvalue weighted by molar-refractivity contribution is 6.33. The second-order valence-corrected chi connectivity index (χ2v) is 6.32. The van der Waals surface area contributed by atoms with Crippen molar-refractivity contribution in [3.05, 3.63) is 23.2 Å². The number of hydrogen-bond acceptors (Lipinski definition) is 2. The zero-order valence-corrected chi connectivity index (χ0v) is 13.1. The number of carbonyl (C=O) groups excluding carboxylic acids is 1. The molecular formula is C16H23ClN2O. The molecule has 2 rings (SSSR count). The maximum absolute atomic E-state index is 11.4. The molecule has 1 fully saturated rings. The number of benzene rings is 1. The van der Waals surface area contributed by atoms with E-state index >= 15 is 0 Å². The predicted molar refractivity (Wildman–Crippen MR) is 85.3 cm³/mol. The first-order valence-corrected chi connectivity index (χ1v) is 7.73. The molecule has 1 aromatic carbocycles. The summed E-state index contributed by atoms with van der Waals surface area (Å²) in [4.78, 5) is 11.4. The Bertz CT molecular complexity index is 481. The summed E-state index contributed by atoms with van der Waals surface area (Å²) in [5, 5.41) is 7.04. The third-order valence-corrected chi connectivity index (χ3v) is 4.38. The van der Waals surface area contributed by atoms with Gasteiger partial charge in [-0.05, 0) is 42.9 Å². The largest absolute Gasteiger partial charge is 0.381 e. The molecule has 1 aromatic rings. The molecular weight excluding hydrogens is 272 g/mol. The number of amides is 1. The summed E-state index contributed by atoms with van der Waals surface area (Å²) in [6, 6.07) is 6.07. The van der Waals surface area contributed by atoms with Crippen LogP contribution in [0, 0.1) is 11.8 Å². The zero-order valence-electron chi connectivity index (χ0n) is 12.4. The van der Waals surface area contributed by atoms with Gasteiger partial charge in [-0.25, -0.2) is 0 Å². The van der Waals surface area contributed by atoms with Crippen molar-refractivity contribution in [1.82, 2.24) is 0 Å². The zero-order chi connectivity index (χ0) is 14.7. The first kappa shape index (κ1) is 15.2. The molecule has 2 N–H and O–H groups in total. The van der Waals surface area contributed by atoms with Crippen LogP contribution >= 0.6 is 11.6 Å². The fourth-order valence-corrected chi connectivity index (χ4v) is 2.68. The lowest BCUT2D eigenvalue weighted by Crippen LogP contribution is -2.37. The molecule has 0 radical (unpaired) electrons. The van der Waals surface area contributed by atoms with Gasteiger partial charge in [0.25, 0.3) is 0 Å². The van der Waals surface area contributed by atoms with Crippen LogP contribution < -0.4 is 10.6 Å². The lowest BCUT2D eigenvalue weighted by atomic mass is 9.73. The van der Waals surface area contributed by atoms with Gasteiger partial charge in [-0.2, -0.15) is 0 Å². The summed E-state index contributed by atoms with van der Waals surface area (Å²) < 4.78 is 0. The van der Waals surface area contributed by atoms with Gasteiger partial charge in [0, 0.05) is 18.2 Å². The molecule has 1 aliphatic carbocycles. The number of carbonyl (C=O) groups is 1. The van der Waals surface area contributed by atoms with E-state index in [4.69, 9.17) is 11.6 Å². The van der Waals surface area contributed by atoms with E-state index < -0.39 is 0 Å². The van der Waals surface area contributed by atoms with Crippen LogP contribution in [0.2, 0.25) is 5.02 Å². The van der Waals surface area contributed by atoms with Crippen molar-refractivity contribution in [3.63, 3.8) is 0 Å². The Balaban J connectivity index is 1.97. The first-order valence-electron chi connectivity index (χ1n) is 7.35. The second kappa shape index (κ2) is 6.49. The minimum atomic E-state index is 0.0155. The summed E-state index contributed by atoms with van der Waals surface area (Å²) in [5.74, 6) is 1.58. The van der Waals surface area contributed by atoms with Crippen molar-refractivity contribution in [2.75, 3.05) is 10.6 Å². The number of halogens is 1. The Labute approximate surface area is 126 Å². The van der Waals surface area contributed by atoms with Crippen molar-refractivity contribution in [2.45, 2.75) is 46.1 Å². The SMILES string of the molecule is CCC(=O)Nc1ccc(Cl)c(NC2CC(C(C)C)C2)c1. The Morgan fingerprint density at radius 3 is 2.70 bits per heavy atom. The van der Waals surface area contributed by atoms with Crippen LogP contribution in [-0.4, -0.2) is 11.9 Å². The van der Waals surface area contributed by atoms with Gasteiger partial charge >= 0.3 is 0 Å². The summed E-state index contributed by atoms with van der Waals surface area (Å²) in [7, 11) is 0. The van der Waals surface area contributed by atoms with Crippen molar-refractivity contribution in [3.8, 4) is 0 Å². The van der Waals surface area contributed by atoms with Crippen molar-refractivity contribution in [2.24, 2.45) is 11.8 Å². The van der Waals surface area contributed by atoms with Crippen molar-refractivity contribution >= 4 is 28.9 Å². The molecule has 0 spiro atoms. The van der Waals surface area contributed by atoms with E-state index in [-0.39, 0.29) is 5.91 Å². The maximum atomic E-state index is 11.4. The second-order valence-electron chi connectivity index (χ2n) is 5.91. The fourth-order valence-electron chi connectivity index (χ4n) is 2.51. The highest BCUT2D eigenvalue weighted by atomic mass is 35.5. The quantitative estimate of drug-likeness (QED) is 0.837. The maximum Gasteiger partial charge on any atom is 0.224 e. The third kappa shape index (κ3) is 3.66.